The number of nitrogens with zero attached hydrogens (tertiary/aromatic N) is 3. The maximum atomic E-state index is 15.1. The van der Waals surface area contributed by atoms with Crippen LogP contribution >= 0.6 is 10.8 Å². The summed E-state index contributed by atoms with van der Waals surface area (Å²) in [6.45, 7) is 4.71. The zero-order chi connectivity index (χ0) is 25.3. The number of aromatic nitrogens is 2. The quantitative estimate of drug-likeness (QED) is 0.403. The van der Waals surface area contributed by atoms with E-state index in [9.17, 15) is 13.9 Å². The van der Waals surface area contributed by atoms with Gasteiger partial charge in [0.2, 0.25) is 5.89 Å². The molecule has 188 valence electrons. The maximum Gasteiger partial charge on any atom is 0.309 e. The van der Waals surface area contributed by atoms with Crippen LogP contribution in [0.5, 0.6) is 0 Å². The van der Waals surface area contributed by atoms with Gasteiger partial charge in [-0.3, -0.25) is 13.9 Å². The summed E-state index contributed by atoms with van der Waals surface area (Å²) in [5.41, 5.74) is 0.738. The number of hydrogen-bond acceptors (Lipinski definition) is 7. The van der Waals surface area contributed by atoms with Crippen LogP contribution in [-0.2, 0) is 6.54 Å². The smallest absolute Gasteiger partial charge is 0.309 e. The summed E-state index contributed by atoms with van der Waals surface area (Å²) >= 11 is 0. The van der Waals surface area contributed by atoms with Crippen LogP contribution in [-0.4, -0.2) is 35.6 Å². The van der Waals surface area contributed by atoms with Crippen molar-refractivity contribution in [1.29, 1.82) is 0 Å². The van der Waals surface area contributed by atoms with Crippen LogP contribution in [0.3, 0.4) is 0 Å². The average molecular weight is 507 g/mol. The molecule has 3 aromatic rings. The number of carbonyl (C=O) groups is 1. The first-order chi connectivity index (χ1) is 16.6. The normalized spacial score (nSPS) is 21.9. The fourth-order valence-electron chi connectivity index (χ4n) is 4.34. The van der Waals surface area contributed by atoms with Gasteiger partial charge in [0.05, 0.1) is 11.3 Å². The summed E-state index contributed by atoms with van der Waals surface area (Å²) in [5, 5.41) is 9.18. The van der Waals surface area contributed by atoms with Crippen LogP contribution in [0.2, 0.25) is 0 Å². The highest BCUT2D eigenvalue weighted by Gasteiger charge is 2.41. The number of aryl methyl sites for hydroxylation is 1. The van der Waals surface area contributed by atoms with Gasteiger partial charge in [0, 0.05) is 30.6 Å². The van der Waals surface area contributed by atoms with Gasteiger partial charge in [0.1, 0.15) is 11.6 Å². The number of benzene rings is 2. The Morgan fingerprint density at radius 1 is 1.20 bits per heavy atom. The highest BCUT2D eigenvalue weighted by Crippen LogP contribution is 2.63. The van der Waals surface area contributed by atoms with E-state index in [4.69, 9.17) is 4.42 Å². The Balaban J connectivity index is 1.54. The molecule has 4 rings (SSSR count). The van der Waals surface area contributed by atoms with Crippen LogP contribution < -0.4 is 5.32 Å². The molecular weight excluding hydrogens is 478 g/mol. The lowest BCUT2D eigenvalue weighted by Crippen LogP contribution is -2.41. The first-order valence-electron chi connectivity index (χ1n) is 11.3. The van der Waals surface area contributed by atoms with E-state index in [-0.39, 0.29) is 35.5 Å². The number of hydrogen-bond donors (Lipinski definition) is 3. The Hall–Kier alpha value is -2.86. The van der Waals surface area contributed by atoms with Gasteiger partial charge in [0.15, 0.2) is 0 Å². The monoisotopic (exact) mass is 506 g/mol. The number of carbonyl (C=O) groups excluding carboxylic acids is 1. The third-order valence-corrected chi connectivity index (χ3v) is 8.71. The Morgan fingerprint density at radius 2 is 1.91 bits per heavy atom. The largest absolute Gasteiger partial charge is 0.417 e. The topological polar surface area (TPSA) is 112 Å². The molecule has 8 nitrogen and oxygen atoms in total. The SMILES string of the molecule is Cc1nnc(C(=O)NC(C)c2cc(F)c(CN3[C@@H](C)CC[C@H](c4ccccc4)S3(O)O)cc2F)o1. The van der Waals surface area contributed by atoms with Gasteiger partial charge in [-0.05, 0) is 44.4 Å². The summed E-state index contributed by atoms with van der Waals surface area (Å²) in [4.78, 5) is 12.2. The van der Waals surface area contributed by atoms with Gasteiger partial charge in [-0.2, -0.15) is 4.31 Å². The molecule has 3 atom stereocenters. The summed E-state index contributed by atoms with van der Waals surface area (Å²) < 4.78 is 59.0. The molecule has 1 saturated heterocycles. The molecule has 1 fully saturated rings. The molecule has 1 aliphatic rings. The van der Waals surface area contributed by atoms with Crippen molar-refractivity contribution in [3.05, 3.63) is 82.6 Å². The fourth-order valence-corrected chi connectivity index (χ4v) is 6.61. The fraction of sp³-hybridized carbons (Fsp3) is 0.375. The van der Waals surface area contributed by atoms with Gasteiger partial charge >= 0.3 is 11.8 Å². The molecular formula is C24H28F2N4O4S. The molecule has 0 saturated carbocycles. The zero-order valence-electron chi connectivity index (χ0n) is 19.6. The number of nitrogens with one attached hydrogen (secondary N) is 1. The van der Waals surface area contributed by atoms with Crippen molar-refractivity contribution in [2.24, 2.45) is 0 Å². The van der Waals surface area contributed by atoms with Gasteiger partial charge < -0.3 is 9.73 Å². The molecule has 11 heteroatoms. The molecule has 2 aromatic carbocycles. The Bertz CT molecular complexity index is 1210. The standard InChI is InChI=1S/C24H28F2N4O4S/c1-14-9-10-22(17-7-5-4-6-8-17)35(32,33)30(14)13-18-11-21(26)19(12-20(18)25)15(2)27-23(31)24-29-28-16(3)34-24/h4-8,11-12,14-15,22,32-33H,9-10,13H2,1-3H3,(H,27,31)/t14-,15?,22+/m0/s1. The molecule has 1 unspecified atom stereocenters. The number of halogens is 2. The Morgan fingerprint density at radius 3 is 2.57 bits per heavy atom. The van der Waals surface area contributed by atoms with Gasteiger partial charge in [0.25, 0.3) is 0 Å². The number of amides is 1. The maximum absolute atomic E-state index is 15.1. The Kier molecular flexibility index (Phi) is 7.22. The van der Waals surface area contributed by atoms with Crippen molar-refractivity contribution < 1.29 is 27.1 Å². The predicted molar refractivity (Wildman–Crippen MR) is 128 cm³/mol. The minimum absolute atomic E-state index is 0.00200. The van der Waals surface area contributed by atoms with E-state index < -0.39 is 39.6 Å². The molecule has 0 spiro atoms. The lowest BCUT2D eigenvalue weighted by molar-refractivity contribution is 0.0902. The van der Waals surface area contributed by atoms with E-state index >= 15 is 8.78 Å². The van der Waals surface area contributed by atoms with Crippen molar-refractivity contribution in [2.75, 3.05) is 0 Å². The first-order valence-corrected chi connectivity index (χ1v) is 12.8. The zero-order valence-corrected chi connectivity index (χ0v) is 20.4. The van der Waals surface area contributed by atoms with Crippen molar-refractivity contribution in [2.45, 2.75) is 57.5 Å². The van der Waals surface area contributed by atoms with E-state index in [1.165, 1.54) is 18.2 Å². The molecule has 1 amide bonds. The molecule has 1 aromatic heterocycles. The third-order valence-electron chi connectivity index (χ3n) is 6.26. The second kappa shape index (κ2) is 10.0. The molecule has 35 heavy (non-hydrogen) atoms. The van der Waals surface area contributed by atoms with Crippen LogP contribution in [0.1, 0.15) is 71.2 Å². The molecule has 0 bridgehead atoms. The van der Waals surface area contributed by atoms with Crippen LogP contribution in [0.15, 0.2) is 46.9 Å². The van der Waals surface area contributed by atoms with E-state index in [1.54, 1.807) is 0 Å². The van der Waals surface area contributed by atoms with E-state index in [1.807, 2.05) is 37.3 Å². The van der Waals surface area contributed by atoms with Crippen molar-refractivity contribution in [3.8, 4) is 0 Å². The van der Waals surface area contributed by atoms with E-state index in [0.29, 0.717) is 12.8 Å². The average Bonchev–Trinajstić information content (AvgIpc) is 3.25. The van der Waals surface area contributed by atoms with E-state index in [0.717, 1.165) is 17.7 Å². The molecule has 2 heterocycles. The van der Waals surface area contributed by atoms with E-state index in [2.05, 4.69) is 15.5 Å². The highest BCUT2D eigenvalue weighted by molar-refractivity contribution is 8.22. The number of rotatable bonds is 6. The van der Waals surface area contributed by atoms with Gasteiger partial charge in [-0.25, -0.2) is 8.78 Å². The molecule has 3 N–H and O–H groups in total. The van der Waals surface area contributed by atoms with Crippen LogP contribution in [0.4, 0.5) is 8.78 Å². The van der Waals surface area contributed by atoms with Crippen molar-refractivity contribution >= 4 is 16.7 Å². The van der Waals surface area contributed by atoms with Crippen molar-refractivity contribution in [1.82, 2.24) is 19.8 Å². The summed E-state index contributed by atoms with van der Waals surface area (Å²) in [6.07, 6.45) is 1.26. The summed E-state index contributed by atoms with van der Waals surface area (Å²) in [5.74, 6) is -2.21. The molecule has 1 aliphatic heterocycles. The summed E-state index contributed by atoms with van der Waals surface area (Å²) in [6, 6.07) is 10.1. The predicted octanol–water partition coefficient (Wildman–Crippen LogP) is 5.54. The highest BCUT2D eigenvalue weighted by atomic mass is 32.3. The lowest BCUT2D eigenvalue weighted by Gasteiger charge is -2.54. The minimum Gasteiger partial charge on any atom is -0.417 e. The van der Waals surface area contributed by atoms with Crippen LogP contribution in [0.25, 0.3) is 0 Å². The lowest BCUT2D eigenvalue weighted by atomic mass is 10.0. The molecule has 0 aliphatic carbocycles. The first kappa shape index (κ1) is 25.2. The van der Waals surface area contributed by atoms with Gasteiger partial charge in [-0.15, -0.1) is 21.0 Å². The van der Waals surface area contributed by atoms with Gasteiger partial charge in [-0.1, -0.05) is 30.3 Å². The van der Waals surface area contributed by atoms with Crippen molar-refractivity contribution in [3.63, 3.8) is 0 Å². The Labute approximate surface area is 203 Å². The second-order valence-corrected chi connectivity index (χ2v) is 10.9. The van der Waals surface area contributed by atoms with Crippen LogP contribution in [0, 0.1) is 18.6 Å². The second-order valence-electron chi connectivity index (χ2n) is 8.75. The molecule has 0 radical (unpaired) electrons. The minimum atomic E-state index is -3.30. The summed E-state index contributed by atoms with van der Waals surface area (Å²) in [7, 11) is -3.30. The third kappa shape index (κ3) is 5.22.